The van der Waals surface area contributed by atoms with Crippen molar-refractivity contribution in [3.05, 3.63) is 93.5 Å². The molecule has 2 heterocycles. The lowest BCUT2D eigenvalue weighted by atomic mass is 9.81. The highest BCUT2D eigenvalue weighted by molar-refractivity contribution is 6.30. The number of aryl methyl sites for hydroxylation is 2. The minimum absolute atomic E-state index is 0.0995. The number of aromatic nitrogens is 1. The summed E-state index contributed by atoms with van der Waals surface area (Å²) in [5.74, 6) is 0.267. The van der Waals surface area contributed by atoms with Gasteiger partial charge in [0, 0.05) is 16.5 Å². The maximum absolute atomic E-state index is 9.96. The van der Waals surface area contributed by atoms with Crippen LogP contribution < -0.4 is 10.5 Å². The summed E-state index contributed by atoms with van der Waals surface area (Å²) in [6.07, 6.45) is 0. The highest BCUT2D eigenvalue weighted by Gasteiger charge is 2.34. The van der Waals surface area contributed by atoms with E-state index in [0.717, 1.165) is 43.9 Å². The number of benzene rings is 3. The molecule has 5 rings (SSSR count). The lowest BCUT2D eigenvalue weighted by Crippen LogP contribution is -2.21. The molecule has 1 aliphatic rings. The molecular weight excluding hydrogens is 394 g/mol. The average Bonchev–Trinajstić information content (AvgIpc) is 2.75. The Morgan fingerprint density at radius 3 is 2.60 bits per heavy atom. The molecule has 30 heavy (non-hydrogen) atoms. The number of halogens is 1. The van der Waals surface area contributed by atoms with Crippen LogP contribution in [0.4, 0.5) is 0 Å². The molecule has 2 N–H and O–H groups in total. The van der Waals surface area contributed by atoms with E-state index in [9.17, 15) is 5.26 Å². The molecule has 3 aromatic carbocycles. The first-order valence-corrected chi connectivity index (χ1v) is 10.0. The first-order chi connectivity index (χ1) is 14.5. The summed E-state index contributed by atoms with van der Waals surface area (Å²) in [6, 6.07) is 20.3. The number of allylic oxidation sites excluding steroid dienone is 1. The number of hydrogen-bond acceptors (Lipinski definition) is 4. The zero-order valence-electron chi connectivity index (χ0n) is 16.5. The van der Waals surface area contributed by atoms with Gasteiger partial charge in [-0.1, -0.05) is 54.1 Å². The van der Waals surface area contributed by atoms with Crippen molar-refractivity contribution in [1.29, 1.82) is 5.26 Å². The number of nitrogens with two attached hydrogens (primary N) is 1. The van der Waals surface area contributed by atoms with E-state index in [1.54, 1.807) is 0 Å². The highest BCUT2D eigenvalue weighted by atomic mass is 35.5. The predicted molar refractivity (Wildman–Crippen MR) is 119 cm³/mol. The minimum atomic E-state index is -0.464. The summed E-state index contributed by atoms with van der Waals surface area (Å²) in [5, 5.41) is 13.4. The molecule has 5 heteroatoms. The van der Waals surface area contributed by atoms with E-state index in [4.69, 9.17) is 27.1 Å². The van der Waals surface area contributed by atoms with Gasteiger partial charge in [0.1, 0.15) is 22.5 Å². The summed E-state index contributed by atoms with van der Waals surface area (Å²) in [5.41, 5.74) is 11.2. The Kier molecular flexibility index (Phi) is 4.16. The molecule has 0 saturated heterocycles. The van der Waals surface area contributed by atoms with Gasteiger partial charge in [-0.3, -0.25) is 0 Å². The number of hydrogen-bond donors (Lipinski definition) is 1. The van der Waals surface area contributed by atoms with Crippen molar-refractivity contribution in [1.82, 2.24) is 4.98 Å². The lowest BCUT2D eigenvalue weighted by molar-refractivity contribution is 0.395. The molecule has 0 fully saturated rings. The monoisotopic (exact) mass is 411 g/mol. The van der Waals surface area contributed by atoms with E-state index in [2.05, 4.69) is 12.1 Å². The van der Waals surface area contributed by atoms with Gasteiger partial charge in [-0.25, -0.2) is 4.98 Å². The van der Waals surface area contributed by atoms with Crippen LogP contribution in [0.5, 0.6) is 5.75 Å². The van der Waals surface area contributed by atoms with Gasteiger partial charge in [-0.15, -0.1) is 0 Å². The van der Waals surface area contributed by atoms with Gasteiger partial charge in [-0.2, -0.15) is 5.26 Å². The van der Waals surface area contributed by atoms with Gasteiger partial charge in [-0.05, 0) is 47.9 Å². The number of nitrogens with zero attached hydrogens (tertiary/aromatic N) is 2. The maximum Gasteiger partial charge on any atom is 0.205 e. The molecule has 0 aliphatic carbocycles. The largest absolute Gasteiger partial charge is 0.440 e. The van der Waals surface area contributed by atoms with Crippen LogP contribution in [0.2, 0.25) is 5.15 Å². The van der Waals surface area contributed by atoms with E-state index < -0.39 is 5.92 Å². The normalized spacial score (nSPS) is 15.7. The molecule has 0 amide bonds. The summed E-state index contributed by atoms with van der Waals surface area (Å²) >= 11 is 6.72. The number of ether oxygens (including phenoxy) is 1. The van der Waals surface area contributed by atoms with Crippen molar-refractivity contribution < 1.29 is 4.74 Å². The molecule has 1 aromatic heterocycles. The lowest BCUT2D eigenvalue weighted by Gasteiger charge is -2.28. The SMILES string of the molecule is Cc1ccc(C)c2nc(Cl)c([C@@H]3C(C#N)=C(N)Oc4ccc5ccccc5c43)cc12. The van der Waals surface area contributed by atoms with Gasteiger partial charge in [0.2, 0.25) is 5.88 Å². The second-order valence-corrected chi connectivity index (χ2v) is 7.95. The second kappa shape index (κ2) is 6.76. The van der Waals surface area contributed by atoms with Crippen LogP contribution in [0.1, 0.15) is 28.2 Å². The van der Waals surface area contributed by atoms with Crippen LogP contribution in [-0.4, -0.2) is 4.98 Å². The summed E-state index contributed by atoms with van der Waals surface area (Å²) in [7, 11) is 0. The van der Waals surface area contributed by atoms with Crippen molar-refractivity contribution in [2.75, 3.05) is 0 Å². The summed E-state index contributed by atoms with van der Waals surface area (Å²) in [6.45, 7) is 4.06. The Morgan fingerprint density at radius 1 is 1.03 bits per heavy atom. The van der Waals surface area contributed by atoms with E-state index >= 15 is 0 Å². The molecule has 0 unspecified atom stereocenters. The summed E-state index contributed by atoms with van der Waals surface area (Å²) < 4.78 is 5.84. The number of pyridine rings is 1. The number of nitriles is 1. The van der Waals surface area contributed by atoms with Gasteiger partial charge in [0.15, 0.2) is 0 Å². The second-order valence-electron chi connectivity index (χ2n) is 7.59. The fourth-order valence-corrected chi connectivity index (χ4v) is 4.53. The Balaban J connectivity index is 1.89. The van der Waals surface area contributed by atoms with Crippen molar-refractivity contribution in [3.63, 3.8) is 0 Å². The quantitative estimate of drug-likeness (QED) is 0.397. The molecule has 1 atom stereocenters. The van der Waals surface area contributed by atoms with Gasteiger partial charge >= 0.3 is 0 Å². The van der Waals surface area contributed by atoms with Crippen molar-refractivity contribution in [2.24, 2.45) is 5.73 Å². The number of fused-ring (bicyclic) bond motifs is 4. The van der Waals surface area contributed by atoms with Gasteiger partial charge < -0.3 is 10.5 Å². The third-order valence-electron chi connectivity index (χ3n) is 5.81. The topological polar surface area (TPSA) is 71.9 Å². The van der Waals surface area contributed by atoms with E-state index in [0.29, 0.717) is 16.5 Å². The first-order valence-electron chi connectivity index (χ1n) is 9.65. The van der Waals surface area contributed by atoms with Gasteiger partial charge in [0.25, 0.3) is 0 Å². The predicted octanol–water partition coefficient (Wildman–Crippen LogP) is 5.88. The molecule has 0 radical (unpaired) electrons. The molecule has 1 aliphatic heterocycles. The Labute approximate surface area is 179 Å². The van der Waals surface area contributed by atoms with Crippen LogP contribution in [0.15, 0.2) is 66.1 Å². The van der Waals surface area contributed by atoms with Crippen molar-refractivity contribution in [3.8, 4) is 11.8 Å². The zero-order valence-corrected chi connectivity index (χ0v) is 17.3. The van der Waals surface area contributed by atoms with Crippen LogP contribution in [0.25, 0.3) is 21.7 Å². The van der Waals surface area contributed by atoms with Crippen molar-refractivity contribution >= 4 is 33.3 Å². The fraction of sp³-hybridized carbons (Fsp3) is 0.120. The molecule has 4 nitrogen and oxygen atoms in total. The zero-order chi connectivity index (χ0) is 21.0. The Hall–Kier alpha value is -3.55. The molecule has 4 aromatic rings. The van der Waals surface area contributed by atoms with E-state index in [-0.39, 0.29) is 5.88 Å². The van der Waals surface area contributed by atoms with E-state index in [1.807, 2.05) is 62.4 Å². The van der Waals surface area contributed by atoms with E-state index in [1.165, 1.54) is 0 Å². The smallest absolute Gasteiger partial charge is 0.205 e. The highest BCUT2D eigenvalue weighted by Crippen LogP contribution is 2.47. The number of rotatable bonds is 1. The summed E-state index contributed by atoms with van der Waals surface area (Å²) in [4.78, 5) is 4.71. The minimum Gasteiger partial charge on any atom is -0.440 e. The molecule has 0 bridgehead atoms. The molecule has 146 valence electrons. The first kappa shape index (κ1) is 18.5. The average molecular weight is 412 g/mol. The molecular formula is C25H18ClN3O. The third-order valence-corrected chi connectivity index (χ3v) is 6.11. The van der Waals surface area contributed by atoms with Gasteiger partial charge in [0.05, 0.1) is 11.4 Å². The van der Waals surface area contributed by atoms with Crippen LogP contribution in [0, 0.1) is 25.2 Å². The maximum atomic E-state index is 9.96. The van der Waals surface area contributed by atoms with Crippen LogP contribution in [-0.2, 0) is 0 Å². The van der Waals surface area contributed by atoms with Crippen LogP contribution >= 0.6 is 11.6 Å². The van der Waals surface area contributed by atoms with Crippen molar-refractivity contribution in [2.45, 2.75) is 19.8 Å². The standard InChI is InChI=1S/C25H18ClN3O/c1-13-7-8-14(2)23-17(13)11-18(24(26)29-23)21-19(12-27)25(28)30-20-10-9-15-5-3-4-6-16(15)22(20)21/h3-11,21H,28H2,1-2H3/t21-/m1/s1. The third kappa shape index (κ3) is 2.63. The van der Waals surface area contributed by atoms with Crippen LogP contribution in [0.3, 0.4) is 0 Å². The Morgan fingerprint density at radius 2 is 1.80 bits per heavy atom. The molecule has 0 saturated carbocycles. The Bertz CT molecular complexity index is 1430. The molecule has 0 spiro atoms. The fourth-order valence-electron chi connectivity index (χ4n) is 4.28.